The first-order valence-corrected chi connectivity index (χ1v) is 5.48. The van der Waals surface area contributed by atoms with Gasteiger partial charge >= 0.3 is 0 Å². The number of rotatable bonds is 2. The van der Waals surface area contributed by atoms with E-state index in [1.165, 1.54) is 0 Å². The minimum atomic E-state index is -0.0201. The highest BCUT2D eigenvalue weighted by Gasteiger charge is 2.08. The molecule has 0 radical (unpaired) electrons. The quantitative estimate of drug-likeness (QED) is 0.888. The molecule has 0 atom stereocenters. The van der Waals surface area contributed by atoms with Crippen LogP contribution in [0.5, 0.6) is 0 Å². The number of aromatic nitrogens is 1. The Hall–Kier alpha value is -1.09. The van der Waals surface area contributed by atoms with Gasteiger partial charge in [0.2, 0.25) is 0 Å². The van der Waals surface area contributed by atoms with Crippen LogP contribution in [-0.4, -0.2) is 10.1 Å². The van der Waals surface area contributed by atoms with E-state index in [1.807, 2.05) is 12.1 Å². The monoisotopic (exact) mass is 253 g/mol. The topological polar surface area (TPSA) is 33.1 Å². The average Bonchev–Trinajstić information content (AvgIpc) is 2.33. The van der Waals surface area contributed by atoms with Gasteiger partial charge in [-0.3, -0.25) is 4.98 Å². The Morgan fingerprint density at radius 3 is 2.75 bits per heavy atom. The molecule has 0 spiro atoms. The van der Waals surface area contributed by atoms with Crippen molar-refractivity contribution >= 4 is 23.2 Å². The second-order valence-electron chi connectivity index (χ2n) is 3.31. The van der Waals surface area contributed by atoms with Gasteiger partial charge in [0.1, 0.15) is 0 Å². The van der Waals surface area contributed by atoms with Gasteiger partial charge in [-0.15, -0.1) is 0 Å². The maximum Gasteiger partial charge on any atom is 0.0721 e. The van der Waals surface area contributed by atoms with E-state index in [4.69, 9.17) is 28.3 Å². The van der Waals surface area contributed by atoms with E-state index in [0.29, 0.717) is 15.7 Å². The molecular weight excluding hydrogens is 245 g/mol. The average molecular weight is 254 g/mol. The number of halogens is 2. The summed E-state index contributed by atoms with van der Waals surface area (Å²) in [7, 11) is 0. The lowest BCUT2D eigenvalue weighted by Gasteiger charge is -2.06. The van der Waals surface area contributed by atoms with Crippen LogP contribution in [0.4, 0.5) is 0 Å². The summed E-state index contributed by atoms with van der Waals surface area (Å²) in [5.74, 6) is 0. The number of pyridine rings is 1. The minimum absolute atomic E-state index is 0.0201. The van der Waals surface area contributed by atoms with Gasteiger partial charge in [-0.25, -0.2) is 0 Å². The first-order valence-electron chi connectivity index (χ1n) is 4.72. The normalized spacial score (nSPS) is 10.4. The molecule has 0 saturated carbocycles. The van der Waals surface area contributed by atoms with Crippen LogP contribution in [0.2, 0.25) is 10.0 Å². The third kappa shape index (κ3) is 2.19. The van der Waals surface area contributed by atoms with Gasteiger partial charge in [-0.1, -0.05) is 35.3 Å². The molecule has 1 heterocycles. The van der Waals surface area contributed by atoms with E-state index < -0.39 is 0 Å². The van der Waals surface area contributed by atoms with Gasteiger partial charge in [0.25, 0.3) is 0 Å². The minimum Gasteiger partial charge on any atom is -0.392 e. The van der Waals surface area contributed by atoms with E-state index in [2.05, 4.69) is 4.98 Å². The molecule has 4 heteroatoms. The van der Waals surface area contributed by atoms with Crippen molar-refractivity contribution < 1.29 is 5.11 Å². The van der Waals surface area contributed by atoms with Crippen LogP contribution in [0.25, 0.3) is 11.3 Å². The van der Waals surface area contributed by atoms with Gasteiger partial charge in [-0.2, -0.15) is 0 Å². The summed E-state index contributed by atoms with van der Waals surface area (Å²) in [6, 6.07) is 8.93. The molecule has 1 N–H and O–H groups in total. The van der Waals surface area contributed by atoms with Crippen LogP contribution in [-0.2, 0) is 6.61 Å². The summed E-state index contributed by atoms with van der Waals surface area (Å²) in [6.07, 6.45) is 1.64. The first-order chi connectivity index (χ1) is 7.72. The van der Waals surface area contributed by atoms with Gasteiger partial charge in [0, 0.05) is 11.8 Å². The Balaban J connectivity index is 2.54. The standard InChI is InChI=1S/C12H9Cl2NO/c13-10-3-1-2-9(12(10)14)11-6-8(7-16)4-5-15-11/h1-6,16H,7H2. The molecule has 1 aromatic carbocycles. The number of hydrogen-bond acceptors (Lipinski definition) is 2. The van der Waals surface area contributed by atoms with Crippen LogP contribution in [0.15, 0.2) is 36.5 Å². The fourth-order valence-electron chi connectivity index (χ4n) is 1.42. The Morgan fingerprint density at radius 1 is 1.19 bits per heavy atom. The highest BCUT2D eigenvalue weighted by Crippen LogP contribution is 2.32. The molecule has 2 rings (SSSR count). The third-order valence-corrected chi connectivity index (χ3v) is 3.05. The molecule has 0 aliphatic rings. The molecule has 0 unspecified atom stereocenters. The van der Waals surface area contributed by atoms with Gasteiger partial charge in [0.05, 0.1) is 22.3 Å². The summed E-state index contributed by atoms with van der Waals surface area (Å²) in [5, 5.41) is 10.0. The summed E-state index contributed by atoms with van der Waals surface area (Å²) < 4.78 is 0. The number of hydrogen-bond donors (Lipinski definition) is 1. The molecule has 1 aromatic heterocycles. The molecule has 0 aliphatic heterocycles. The molecule has 0 fully saturated rings. The highest BCUT2D eigenvalue weighted by molar-refractivity contribution is 6.43. The van der Waals surface area contributed by atoms with Crippen molar-refractivity contribution in [3.63, 3.8) is 0 Å². The largest absolute Gasteiger partial charge is 0.392 e. The van der Waals surface area contributed by atoms with E-state index in [-0.39, 0.29) is 6.61 Å². The third-order valence-electron chi connectivity index (χ3n) is 2.23. The Bertz CT molecular complexity index is 514. The van der Waals surface area contributed by atoms with Gasteiger partial charge in [0.15, 0.2) is 0 Å². The lowest BCUT2D eigenvalue weighted by atomic mass is 10.1. The molecule has 0 saturated heterocycles. The number of aliphatic hydroxyl groups excluding tert-OH is 1. The molecule has 16 heavy (non-hydrogen) atoms. The number of aliphatic hydroxyl groups is 1. The summed E-state index contributed by atoms with van der Waals surface area (Å²) in [4.78, 5) is 4.21. The van der Waals surface area contributed by atoms with Crippen LogP contribution in [0, 0.1) is 0 Å². The van der Waals surface area contributed by atoms with Crippen molar-refractivity contribution in [1.29, 1.82) is 0 Å². The van der Waals surface area contributed by atoms with Crippen LogP contribution in [0.1, 0.15) is 5.56 Å². The zero-order valence-corrected chi connectivity index (χ0v) is 9.83. The zero-order chi connectivity index (χ0) is 11.5. The molecule has 2 aromatic rings. The van der Waals surface area contributed by atoms with Crippen molar-refractivity contribution in [2.24, 2.45) is 0 Å². The number of nitrogens with zero attached hydrogens (tertiary/aromatic N) is 1. The molecule has 2 nitrogen and oxygen atoms in total. The lowest BCUT2D eigenvalue weighted by molar-refractivity contribution is 0.282. The zero-order valence-electron chi connectivity index (χ0n) is 8.32. The predicted molar refractivity (Wildman–Crippen MR) is 65.6 cm³/mol. The summed E-state index contributed by atoms with van der Waals surface area (Å²) in [6.45, 7) is -0.0201. The fraction of sp³-hybridized carbons (Fsp3) is 0.0833. The van der Waals surface area contributed by atoms with Crippen LogP contribution >= 0.6 is 23.2 Å². The smallest absolute Gasteiger partial charge is 0.0721 e. The van der Waals surface area contributed by atoms with E-state index in [0.717, 1.165) is 11.1 Å². The second-order valence-corrected chi connectivity index (χ2v) is 4.09. The van der Waals surface area contributed by atoms with Crippen molar-refractivity contribution in [3.8, 4) is 11.3 Å². The molecule has 82 valence electrons. The molecule has 0 amide bonds. The van der Waals surface area contributed by atoms with Gasteiger partial charge in [-0.05, 0) is 23.8 Å². The molecule has 0 aliphatic carbocycles. The molecular formula is C12H9Cl2NO. The summed E-state index contributed by atoms with van der Waals surface area (Å²) >= 11 is 12.0. The van der Waals surface area contributed by atoms with Gasteiger partial charge < -0.3 is 5.11 Å². The van der Waals surface area contributed by atoms with E-state index in [1.54, 1.807) is 24.4 Å². The Morgan fingerprint density at radius 2 is 2.00 bits per heavy atom. The second kappa shape index (κ2) is 4.83. The SMILES string of the molecule is OCc1ccnc(-c2cccc(Cl)c2Cl)c1. The number of benzene rings is 1. The molecule has 0 bridgehead atoms. The predicted octanol–water partition coefficient (Wildman–Crippen LogP) is 3.55. The Kier molecular flexibility index (Phi) is 3.44. The maximum atomic E-state index is 9.05. The fourth-order valence-corrected chi connectivity index (χ4v) is 1.82. The van der Waals surface area contributed by atoms with Crippen molar-refractivity contribution in [2.45, 2.75) is 6.61 Å². The van der Waals surface area contributed by atoms with E-state index in [9.17, 15) is 0 Å². The summed E-state index contributed by atoms with van der Waals surface area (Å²) in [5.41, 5.74) is 2.27. The maximum absolute atomic E-state index is 9.05. The first kappa shape index (κ1) is 11.4. The van der Waals surface area contributed by atoms with Crippen LogP contribution in [0.3, 0.4) is 0 Å². The van der Waals surface area contributed by atoms with Crippen molar-refractivity contribution in [3.05, 3.63) is 52.1 Å². The highest BCUT2D eigenvalue weighted by atomic mass is 35.5. The lowest BCUT2D eigenvalue weighted by Crippen LogP contribution is -1.89. The Labute approximate surface area is 103 Å². The van der Waals surface area contributed by atoms with E-state index >= 15 is 0 Å². The van der Waals surface area contributed by atoms with Crippen molar-refractivity contribution in [2.75, 3.05) is 0 Å². The van der Waals surface area contributed by atoms with Crippen LogP contribution < -0.4 is 0 Å². The van der Waals surface area contributed by atoms with Crippen molar-refractivity contribution in [1.82, 2.24) is 4.98 Å².